The Morgan fingerprint density at radius 2 is 1.95 bits per heavy atom. The molecule has 0 radical (unpaired) electrons. The molecule has 6 nitrogen and oxygen atoms in total. The summed E-state index contributed by atoms with van der Waals surface area (Å²) in [5.74, 6) is 1.32. The van der Waals surface area contributed by atoms with Crippen LogP contribution in [0.2, 0.25) is 0 Å². The Hall–Kier alpha value is -1.14. The lowest BCUT2D eigenvalue weighted by molar-refractivity contribution is -0.175. The molecule has 1 aliphatic carbocycles. The van der Waals surface area contributed by atoms with Crippen LogP contribution < -0.4 is 4.90 Å². The van der Waals surface area contributed by atoms with Crippen LogP contribution in [0.25, 0.3) is 0 Å². The second-order valence-electron chi connectivity index (χ2n) is 6.82. The Balaban J connectivity index is 1.41. The van der Waals surface area contributed by atoms with E-state index in [0.717, 1.165) is 51.3 Å². The molecule has 2 aliphatic heterocycles. The number of anilines is 1. The fourth-order valence-corrected chi connectivity index (χ4v) is 3.95. The molecular weight excluding hydrogens is 282 g/mol. The third kappa shape index (κ3) is 2.42. The first kappa shape index (κ1) is 14.5. The molecule has 0 aromatic carbocycles. The second kappa shape index (κ2) is 5.81. The average Bonchev–Trinajstić information content (AvgIpc) is 2.96. The van der Waals surface area contributed by atoms with E-state index in [1.54, 1.807) is 7.11 Å². The molecule has 1 aromatic rings. The SMILES string of the molecule is CO[C@@H]1CCCOC12CCN(c1nnc(C3CCC3)o1)CC2. The van der Waals surface area contributed by atoms with E-state index in [1.165, 1.54) is 19.3 Å². The summed E-state index contributed by atoms with van der Waals surface area (Å²) in [5, 5.41) is 8.49. The first-order valence-corrected chi connectivity index (χ1v) is 8.56. The van der Waals surface area contributed by atoms with Gasteiger partial charge in [0.1, 0.15) is 0 Å². The van der Waals surface area contributed by atoms with Crippen molar-refractivity contribution in [2.75, 3.05) is 31.7 Å². The molecule has 0 amide bonds. The number of hydrogen-bond acceptors (Lipinski definition) is 6. The number of nitrogens with zero attached hydrogens (tertiary/aromatic N) is 3. The van der Waals surface area contributed by atoms with Gasteiger partial charge in [0.25, 0.3) is 0 Å². The Morgan fingerprint density at radius 1 is 1.14 bits per heavy atom. The van der Waals surface area contributed by atoms with Crippen molar-refractivity contribution in [3.05, 3.63) is 5.89 Å². The van der Waals surface area contributed by atoms with Gasteiger partial charge in [0.05, 0.1) is 11.7 Å². The number of methoxy groups -OCH3 is 1. The highest BCUT2D eigenvalue weighted by atomic mass is 16.5. The summed E-state index contributed by atoms with van der Waals surface area (Å²) in [7, 11) is 1.80. The van der Waals surface area contributed by atoms with Crippen LogP contribution in [-0.4, -0.2) is 48.7 Å². The largest absolute Gasteiger partial charge is 0.408 e. The highest BCUT2D eigenvalue weighted by Crippen LogP contribution is 2.39. The fraction of sp³-hybridized carbons (Fsp3) is 0.875. The molecule has 1 saturated carbocycles. The van der Waals surface area contributed by atoms with E-state index < -0.39 is 0 Å². The van der Waals surface area contributed by atoms with Gasteiger partial charge in [0, 0.05) is 32.7 Å². The van der Waals surface area contributed by atoms with Crippen LogP contribution in [-0.2, 0) is 9.47 Å². The minimum absolute atomic E-state index is 0.111. The van der Waals surface area contributed by atoms with Crippen LogP contribution in [0.5, 0.6) is 0 Å². The molecule has 0 N–H and O–H groups in total. The summed E-state index contributed by atoms with van der Waals surface area (Å²) in [5.41, 5.74) is -0.111. The first-order chi connectivity index (χ1) is 10.8. The molecule has 1 aromatic heterocycles. The Bertz CT molecular complexity index is 506. The monoisotopic (exact) mass is 307 g/mol. The van der Waals surface area contributed by atoms with E-state index in [0.29, 0.717) is 11.9 Å². The third-order valence-electron chi connectivity index (χ3n) is 5.64. The van der Waals surface area contributed by atoms with Gasteiger partial charge in [-0.15, -0.1) is 5.10 Å². The lowest BCUT2D eigenvalue weighted by atomic mass is 9.82. The normalized spacial score (nSPS) is 28.8. The van der Waals surface area contributed by atoms with Crippen molar-refractivity contribution < 1.29 is 13.9 Å². The molecule has 6 heteroatoms. The molecule has 1 atom stereocenters. The van der Waals surface area contributed by atoms with Crippen LogP contribution in [0.1, 0.15) is 56.8 Å². The zero-order valence-electron chi connectivity index (χ0n) is 13.3. The number of hydrogen-bond donors (Lipinski definition) is 0. The van der Waals surface area contributed by atoms with Crippen LogP contribution in [0.15, 0.2) is 4.42 Å². The number of ether oxygens (including phenoxy) is 2. The molecule has 122 valence electrons. The van der Waals surface area contributed by atoms with Crippen molar-refractivity contribution >= 4 is 6.01 Å². The van der Waals surface area contributed by atoms with Gasteiger partial charge < -0.3 is 18.8 Å². The van der Waals surface area contributed by atoms with Crippen molar-refractivity contribution in [3.63, 3.8) is 0 Å². The summed E-state index contributed by atoms with van der Waals surface area (Å²) in [6.07, 6.45) is 8.00. The van der Waals surface area contributed by atoms with Crippen molar-refractivity contribution in [1.29, 1.82) is 0 Å². The predicted molar refractivity (Wildman–Crippen MR) is 81.1 cm³/mol. The van der Waals surface area contributed by atoms with E-state index in [2.05, 4.69) is 15.1 Å². The third-order valence-corrected chi connectivity index (χ3v) is 5.64. The van der Waals surface area contributed by atoms with Gasteiger partial charge in [-0.05, 0) is 38.5 Å². The molecule has 0 bridgehead atoms. The zero-order chi connectivity index (χ0) is 15.0. The maximum Gasteiger partial charge on any atom is 0.318 e. The van der Waals surface area contributed by atoms with Crippen LogP contribution in [0.3, 0.4) is 0 Å². The van der Waals surface area contributed by atoms with Crippen molar-refractivity contribution in [1.82, 2.24) is 10.2 Å². The Labute approximate surface area is 131 Å². The summed E-state index contributed by atoms with van der Waals surface area (Å²) < 4.78 is 17.7. The lowest BCUT2D eigenvalue weighted by Crippen LogP contribution is -2.56. The smallest absolute Gasteiger partial charge is 0.318 e. The van der Waals surface area contributed by atoms with E-state index >= 15 is 0 Å². The van der Waals surface area contributed by atoms with Gasteiger partial charge in [0.15, 0.2) is 0 Å². The van der Waals surface area contributed by atoms with Crippen molar-refractivity contribution in [2.45, 2.75) is 62.6 Å². The summed E-state index contributed by atoms with van der Waals surface area (Å²) in [6.45, 7) is 2.64. The molecule has 0 unspecified atom stereocenters. The highest BCUT2D eigenvalue weighted by Gasteiger charge is 2.45. The molecule has 3 aliphatic rings. The van der Waals surface area contributed by atoms with Crippen molar-refractivity contribution in [3.8, 4) is 0 Å². The van der Waals surface area contributed by atoms with Gasteiger partial charge in [0.2, 0.25) is 5.89 Å². The van der Waals surface area contributed by atoms with E-state index in [4.69, 9.17) is 13.9 Å². The van der Waals surface area contributed by atoms with E-state index in [-0.39, 0.29) is 11.7 Å². The maximum absolute atomic E-state index is 6.15. The quantitative estimate of drug-likeness (QED) is 0.855. The summed E-state index contributed by atoms with van der Waals surface area (Å²) >= 11 is 0. The minimum atomic E-state index is -0.111. The minimum Gasteiger partial charge on any atom is -0.408 e. The molecule has 22 heavy (non-hydrogen) atoms. The lowest BCUT2D eigenvalue weighted by Gasteiger charge is -2.47. The number of aromatic nitrogens is 2. The topological polar surface area (TPSA) is 60.6 Å². The van der Waals surface area contributed by atoms with E-state index in [1.807, 2.05) is 0 Å². The first-order valence-electron chi connectivity index (χ1n) is 8.56. The van der Waals surface area contributed by atoms with Gasteiger partial charge in [-0.1, -0.05) is 11.5 Å². The maximum atomic E-state index is 6.15. The van der Waals surface area contributed by atoms with Gasteiger partial charge in [-0.2, -0.15) is 0 Å². The van der Waals surface area contributed by atoms with Gasteiger partial charge in [-0.25, -0.2) is 0 Å². The van der Waals surface area contributed by atoms with Crippen molar-refractivity contribution in [2.24, 2.45) is 0 Å². The molecule has 3 heterocycles. The predicted octanol–water partition coefficient (Wildman–Crippen LogP) is 2.50. The number of rotatable bonds is 3. The molecule has 4 rings (SSSR count). The Kier molecular flexibility index (Phi) is 3.82. The molecule has 1 spiro atoms. The summed E-state index contributed by atoms with van der Waals surface area (Å²) in [4.78, 5) is 2.20. The highest BCUT2D eigenvalue weighted by molar-refractivity contribution is 5.27. The van der Waals surface area contributed by atoms with Gasteiger partial charge in [-0.3, -0.25) is 0 Å². The second-order valence-corrected chi connectivity index (χ2v) is 6.82. The molecular formula is C16H25N3O3. The van der Waals surface area contributed by atoms with Crippen LogP contribution in [0, 0.1) is 0 Å². The average molecular weight is 307 g/mol. The number of piperidine rings is 1. The molecule has 3 fully saturated rings. The van der Waals surface area contributed by atoms with E-state index in [9.17, 15) is 0 Å². The van der Waals surface area contributed by atoms with Crippen LogP contribution >= 0.6 is 0 Å². The Morgan fingerprint density at radius 3 is 2.64 bits per heavy atom. The van der Waals surface area contributed by atoms with Crippen LogP contribution in [0.4, 0.5) is 6.01 Å². The fourth-order valence-electron chi connectivity index (χ4n) is 3.95. The summed E-state index contributed by atoms with van der Waals surface area (Å²) in [6, 6.07) is 0.682. The molecule has 2 saturated heterocycles. The van der Waals surface area contributed by atoms with Gasteiger partial charge >= 0.3 is 6.01 Å². The standard InChI is InChI=1S/C16H25N3O3/c1-20-13-6-3-11-21-16(13)7-9-19(10-8-16)15-18-17-14(22-15)12-4-2-5-12/h12-13H,2-11H2,1H3/t13-/m1/s1. The zero-order valence-corrected chi connectivity index (χ0v) is 13.3.